The lowest BCUT2D eigenvalue weighted by atomic mass is 9.88. The van der Waals surface area contributed by atoms with Gasteiger partial charge in [-0.3, -0.25) is 4.99 Å². The number of hydrogen-bond acceptors (Lipinski definition) is 4. The van der Waals surface area contributed by atoms with Gasteiger partial charge in [0.15, 0.2) is 0 Å². The van der Waals surface area contributed by atoms with Crippen LogP contribution in [0.25, 0.3) is 0 Å². The molecule has 0 amide bonds. The van der Waals surface area contributed by atoms with E-state index in [1.54, 1.807) is 4.31 Å². The average molecular weight is 335 g/mol. The highest BCUT2D eigenvalue weighted by atomic mass is 32.2. The maximum absolute atomic E-state index is 12.5. The van der Waals surface area contributed by atoms with E-state index in [1.165, 1.54) is 5.57 Å². The molecular weight excluding hydrogens is 310 g/mol. The summed E-state index contributed by atoms with van der Waals surface area (Å²) in [4.78, 5) is 6.62. The Morgan fingerprint density at radius 2 is 2.00 bits per heavy atom. The van der Waals surface area contributed by atoms with Gasteiger partial charge in [0.25, 0.3) is 0 Å². The Labute approximate surface area is 139 Å². The SMILES string of the molecule is CN(C)CCC1=CN=C2C=CC(CS(=O)(=O)N3CCCC3)=CC12. The number of allylic oxidation sites excluding steroid dienone is 3. The van der Waals surface area contributed by atoms with Crippen LogP contribution < -0.4 is 0 Å². The highest BCUT2D eigenvalue weighted by Crippen LogP contribution is 2.30. The normalized spacial score (nSPS) is 24.7. The Morgan fingerprint density at radius 3 is 2.70 bits per heavy atom. The molecule has 2 heterocycles. The summed E-state index contributed by atoms with van der Waals surface area (Å²) >= 11 is 0. The van der Waals surface area contributed by atoms with Gasteiger partial charge in [-0.2, -0.15) is 0 Å². The number of fused-ring (bicyclic) bond motifs is 1. The zero-order chi connectivity index (χ0) is 16.4. The third-order valence-corrected chi connectivity index (χ3v) is 6.45. The molecular formula is C17H25N3O2S. The molecule has 0 bridgehead atoms. The van der Waals surface area contributed by atoms with Gasteiger partial charge in [-0.15, -0.1) is 0 Å². The van der Waals surface area contributed by atoms with E-state index in [0.29, 0.717) is 13.1 Å². The van der Waals surface area contributed by atoms with Crippen molar-refractivity contribution >= 4 is 15.7 Å². The van der Waals surface area contributed by atoms with Crippen molar-refractivity contribution in [3.63, 3.8) is 0 Å². The lowest BCUT2D eigenvalue weighted by Gasteiger charge is -2.21. The molecule has 0 aromatic carbocycles. The maximum Gasteiger partial charge on any atom is 0.218 e. The Hall–Kier alpha value is -1.24. The standard InChI is InChI=1S/C17H25N3O2S/c1-19(2)10-7-15-12-18-17-6-5-14(11-16(15)17)13-23(21,22)20-8-3-4-9-20/h5-6,11-12,16H,3-4,7-10,13H2,1-2H3. The number of rotatable bonds is 6. The van der Waals surface area contributed by atoms with Crippen molar-refractivity contribution in [1.82, 2.24) is 9.21 Å². The van der Waals surface area contributed by atoms with Crippen LogP contribution in [0.1, 0.15) is 19.3 Å². The molecule has 0 spiro atoms. The second kappa shape index (κ2) is 6.71. The van der Waals surface area contributed by atoms with Crippen LogP contribution in [0.3, 0.4) is 0 Å². The lowest BCUT2D eigenvalue weighted by molar-refractivity contribution is 0.410. The van der Waals surface area contributed by atoms with Gasteiger partial charge in [0.2, 0.25) is 10.0 Å². The summed E-state index contributed by atoms with van der Waals surface area (Å²) in [7, 11) is 0.930. The molecule has 0 N–H and O–H groups in total. The van der Waals surface area contributed by atoms with Crippen LogP contribution in [-0.2, 0) is 10.0 Å². The molecule has 1 atom stereocenters. The summed E-state index contributed by atoms with van der Waals surface area (Å²) in [6, 6.07) is 0. The summed E-state index contributed by atoms with van der Waals surface area (Å²) in [6.45, 7) is 2.32. The van der Waals surface area contributed by atoms with Crippen molar-refractivity contribution in [3.05, 3.63) is 35.6 Å². The summed E-state index contributed by atoms with van der Waals surface area (Å²) in [5.41, 5.74) is 3.19. The largest absolute Gasteiger partial charge is 0.309 e. The summed E-state index contributed by atoms with van der Waals surface area (Å²) in [5.74, 6) is 0.262. The molecule has 6 heteroatoms. The van der Waals surface area contributed by atoms with Crippen molar-refractivity contribution in [1.29, 1.82) is 0 Å². The van der Waals surface area contributed by atoms with Gasteiger partial charge in [-0.25, -0.2) is 12.7 Å². The smallest absolute Gasteiger partial charge is 0.218 e. The molecule has 0 aromatic heterocycles. The van der Waals surface area contributed by atoms with E-state index in [2.05, 4.69) is 30.1 Å². The Bertz CT molecular complexity index is 681. The second-order valence-corrected chi connectivity index (χ2v) is 8.70. The van der Waals surface area contributed by atoms with Crippen molar-refractivity contribution in [2.24, 2.45) is 10.9 Å². The molecule has 3 aliphatic rings. The molecule has 2 aliphatic heterocycles. The van der Waals surface area contributed by atoms with E-state index in [-0.39, 0.29) is 11.7 Å². The third kappa shape index (κ3) is 3.82. The Morgan fingerprint density at radius 1 is 1.26 bits per heavy atom. The highest BCUT2D eigenvalue weighted by molar-refractivity contribution is 7.89. The molecule has 0 aromatic rings. The number of nitrogens with zero attached hydrogens (tertiary/aromatic N) is 3. The van der Waals surface area contributed by atoms with Crippen LogP contribution in [0, 0.1) is 5.92 Å². The van der Waals surface area contributed by atoms with Gasteiger partial charge in [0.1, 0.15) is 0 Å². The summed E-state index contributed by atoms with van der Waals surface area (Å²) in [5, 5.41) is 0. The van der Waals surface area contributed by atoms with Crippen LogP contribution in [-0.4, -0.2) is 62.8 Å². The minimum atomic E-state index is -3.19. The van der Waals surface area contributed by atoms with Crippen molar-refractivity contribution in [3.8, 4) is 0 Å². The molecule has 0 radical (unpaired) electrons. The quantitative estimate of drug-likeness (QED) is 0.744. The molecule has 3 rings (SSSR count). The van der Waals surface area contributed by atoms with Gasteiger partial charge in [-0.05, 0) is 50.6 Å². The van der Waals surface area contributed by atoms with Gasteiger partial charge in [0.05, 0.1) is 11.5 Å². The van der Waals surface area contributed by atoms with Crippen molar-refractivity contribution in [2.45, 2.75) is 19.3 Å². The van der Waals surface area contributed by atoms with Crippen LogP contribution in [0.15, 0.2) is 40.6 Å². The molecule has 23 heavy (non-hydrogen) atoms. The van der Waals surface area contributed by atoms with Gasteiger partial charge in [-0.1, -0.05) is 12.2 Å². The second-order valence-electron chi connectivity index (χ2n) is 6.73. The van der Waals surface area contributed by atoms with Crippen LogP contribution >= 0.6 is 0 Å². The minimum Gasteiger partial charge on any atom is -0.309 e. The topological polar surface area (TPSA) is 53.0 Å². The first kappa shape index (κ1) is 16.6. The molecule has 126 valence electrons. The summed E-state index contributed by atoms with van der Waals surface area (Å²) in [6.07, 6.45) is 10.8. The molecule has 1 saturated heterocycles. The van der Waals surface area contributed by atoms with E-state index in [0.717, 1.165) is 37.1 Å². The fraction of sp³-hybridized carbons (Fsp3) is 0.588. The van der Waals surface area contributed by atoms with E-state index in [9.17, 15) is 8.42 Å². The first-order valence-corrected chi connectivity index (χ1v) is 9.84. The van der Waals surface area contributed by atoms with Crippen LogP contribution in [0.4, 0.5) is 0 Å². The predicted molar refractivity (Wildman–Crippen MR) is 94.0 cm³/mol. The predicted octanol–water partition coefficient (Wildman–Crippen LogP) is 1.81. The maximum atomic E-state index is 12.5. The zero-order valence-corrected chi connectivity index (χ0v) is 14.7. The van der Waals surface area contributed by atoms with E-state index in [4.69, 9.17) is 0 Å². The minimum absolute atomic E-state index is 0.105. The molecule has 1 aliphatic carbocycles. The fourth-order valence-corrected chi connectivity index (χ4v) is 4.86. The number of sulfonamides is 1. The van der Waals surface area contributed by atoms with Gasteiger partial charge >= 0.3 is 0 Å². The number of aliphatic imine (C=N–C) groups is 1. The van der Waals surface area contributed by atoms with Gasteiger partial charge < -0.3 is 4.90 Å². The molecule has 1 fully saturated rings. The average Bonchev–Trinajstić information content (AvgIpc) is 3.14. The first-order valence-electron chi connectivity index (χ1n) is 8.24. The Balaban J connectivity index is 1.69. The fourth-order valence-electron chi connectivity index (χ4n) is 3.25. The molecule has 1 unspecified atom stereocenters. The molecule has 0 saturated carbocycles. The number of hydrogen-bond donors (Lipinski definition) is 0. The lowest BCUT2D eigenvalue weighted by Crippen LogP contribution is -2.31. The van der Waals surface area contributed by atoms with Crippen LogP contribution in [0.5, 0.6) is 0 Å². The van der Waals surface area contributed by atoms with Crippen molar-refractivity contribution < 1.29 is 8.42 Å². The van der Waals surface area contributed by atoms with Crippen LogP contribution in [0.2, 0.25) is 0 Å². The van der Waals surface area contributed by atoms with E-state index in [1.807, 2.05) is 18.4 Å². The Kier molecular flexibility index (Phi) is 4.85. The van der Waals surface area contributed by atoms with E-state index >= 15 is 0 Å². The molecule has 5 nitrogen and oxygen atoms in total. The van der Waals surface area contributed by atoms with Gasteiger partial charge in [0, 0.05) is 31.8 Å². The monoisotopic (exact) mass is 335 g/mol. The third-order valence-electron chi connectivity index (χ3n) is 4.60. The van der Waals surface area contributed by atoms with E-state index < -0.39 is 10.0 Å². The summed E-state index contributed by atoms with van der Waals surface area (Å²) < 4.78 is 26.6. The highest BCUT2D eigenvalue weighted by Gasteiger charge is 2.29. The zero-order valence-electron chi connectivity index (χ0n) is 13.9. The van der Waals surface area contributed by atoms with Crippen molar-refractivity contribution in [2.75, 3.05) is 39.5 Å². The first-order chi connectivity index (χ1) is 11.0.